The second-order valence-corrected chi connectivity index (χ2v) is 11.0. The van der Waals surface area contributed by atoms with Gasteiger partial charge in [-0.2, -0.15) is 13.2 Å². The van der Waals surface area contributed by atoms with Crippen LogP contribution in [0.4, 0.5) is 24.5 Å². The number of sulfonamides is 1. The second kappa shape index (κ2) is 13.1. The lowest BCUT2D eigenvalue weighted by atomic mass is 9.92. The summed E-state index contributed by atoms with van der Waals surface area (Å²) in [4.78, 5) is 25.4. The Morgan fingerprint density at radius 2 is 1.64 bits per heavy atom. The molecule has 3 rings (SSSR count). The molecule has 0 bridgehead atoms. The van der Waals surface area contributed by atoms with Crippen LogP contribution in [0.2, 0.25) is 0 Å². The Bertz CT molecular complexity index is 989. The number of nitrogens with one attached hydrogen (secondary N) is 1. The van der Waals surface area contributed by atoms with E-state index in [4.69, 9.17) is 9.90 Å². The third-order valence-electron chi connectivity index (χ3n) is 6.38. The normalized spacial score (nSPS) is 17.7. The number of halogens is 3. The lowest BCUT2D eigenvalue weighted by Gasteiger charge is -2.35. The van der Waals surface area contributed by atoms with Crippen molar-refractivity contribution < 1.29 is 41.4 Å². The zero-order valence-electron chi connectivity index (χ0n) is 20.3. The highest BCUT2D eigenvalue weighted by Gasteiger charge is 2.38. The van der Waals surface area contributed by atoms with Crippen molar-refractivity contribution in [2.24, 2.45) is 5.92 Å². The number of rotatable bonds is 8. The monoisotopic (exact) mass is 537 g/mol. The van der Waals surface area contributed by atoms with E-state index in [1.54, 1.807) is 19.1 Å². The number of piperidine rings is 2. The predicted octanol–water partition coefficient (Wildman–Crippen LogP) is 3.87. The number of nitrogens with zero attached hydrogens (tertiary/aromatic N) is 2. The maximum atomic E-state index is 11.8. The van der Waals surface area contributed by atoms with Gasteiger partial charge in [0.25, 0.3) is 0 Å². The number of hydrogen-bond donors (Lipinski definition) is 3. The third kappa shape index (κ3) is 9.49. The second-order valence-electron chi connectivity index (χ2n) is 8.97. The van der Waals surface area contributed by atoms with Crippen LogP contribution < -0.4 is 9.62 Å². The molecule has 2 saturated heterocycles. The van der Waals surface area contributed by atoms with E-state index >= 15 is 0 Å². The number of hydrogen-bond acceptors (Lipinski definition) is 6. The van der Waals surface area contributed by atoms with E-state index in [1.165, 1.54) is 51.4 Å². The number of alkyl halides is 3. The van der Waals surface area contributed by atoms with E-state index in [0.29, 0.717) is 17.3 Å². The maximum absolute atomic E-state index is 11.8. The Hall–Kier alpha value is -2.54. The van der Waals surface area contributed by atoms with Crippen molar-refractivity contribution in [2.45, 2.75) is 51.6 Å². The Morgan fingerprint density at radius 3 is 2.14 bits per heavy atom. The highest BCUT2D eigenvalue weighted by atomic mass is 32.2. The molecule has 9 nitrogen and oxygen atoms in total. The van der Waals surface area contributed by atoms with Gasteiger partial charge in [0.15, 0.2) is 0 Å². The van der Waals surface area contributed by atoms with Crippen molar-refractivity contribution in [3.63, 3.8) is 0 Å². The number of carboxylic acid groups (broad SMARTS) is 2. The summed E-state index contributed by atoms with van der Waals surface area (Å²) in [5.41, 5.74) is 1.11. The summed E-state index contributed by atoms with van der Waals surface area (Å²) in [5, 5.41) is 16.8. The SMILES string of the molecule is CCS(=O)(=O)Nc1ccc(N2CCC(CCN3CCCCC3)CC2)c(C(=O)O)c1.O=C(O)C(F)(F)F. The molecule has 204 valence electrons. The Balaban J connectivity index is 0.000000572. The fourth-order valence-corrected chi connectivity index (χ4v) is 4.94. The van der Waals surface area contributed by atoms with Crippen molar-refractivity contribution in [1.82, 2.24) is 4.90 Å². The quantitative estimate of drug-likeness (QED) is 0.456. The van der Waals surface area contributed by atoms with Crippen LogP contribution >= 0.6 is 0 Å². The van der Waals surface area contributed by atoms with Gasteiger partial charge in [-0.1, -0.05) is 6.42 Å². The summed E-state index contributed by atoms with van der Waals surface area (Å²) >= 11 is 0. The van der Waals surface area contributed by atoms with Gasteiger partial charge in [0.2, 0.25) is 10.0 Å². The summed E-state index contributed by atoms with van der Waals surface area (Å²) in [6, 6.07) is 4.80. The minimum Gasteiger partial charge on any atom is -0.478 e. The van der Waals surface area contributed by atoms with Gasteiger partial charge in [-0.05, 0) is 82.8 Å². The summed E-state index contributed by atoms with van der Waals surface area (Å²) in [6.45, 7) is 6.86. The van der Waals surface area contributed by atoms with Crippen LogP contribution in [0.25, 0.3) is 0 Å². The summed E-state index contributed by atoms with van der Waals surface area (Å²) < 4.78 is 57.7. The van der Waals surface area contributed by atoms with Crippen LogP contribution in [0.3, 0.4) is 0 Å². The molecule has 0 radical (unpaired) electrons. The van der Waals surface area contributed by atoms with Crippen molar-refractivity contribution >= 4 is 33.3 Å². The molecule has 2 aliphatic rings. The van der Waals surface area contributed by atoms with Crippen molar-refractivity contribution in [3.05, 3.63) is 23.8 Å². The van der Waals surface area contributed by atoms with E-state index < -0.39 is 28.1 Å². The minimum atomic E-state index is -5.08. The summed E-state index contributed by atoms with van der Waals surface area (Å²) in [5.74, 6) is -3.16. The zero-order valence-corrected chi connectivity index (χ0v) is 21.1. The van der Waals surface area contributed by atoms with Crippen LogP contribution in [-0.2, 0) is 14.8 Å². The predicted molar refractivity (Wildman–Crippen MR) is 130 cm³/mol. The highest BCUT2D eigenvalue weighted by molar-refractivity contribution is 7.92. The molecule has 0 aliphatic carbocycles. The van der Waals surface area contributed by atoms with Crippen LogP contribution in [0.15, 0.2) is 18.2 Å². The fraction of sp³-hybridized carbons (Fsp3) is 0.652. The molecular weight excluding hydrogens is 503 g/mol. The Kier molecular flexibility index (Phi) is 10.8. The maximum Gasteiger partial charge on any atom is 0.490 e. The molecule has 0 amide bonds. The fourth-order valence-electron chi connectivity index (χ4n) is 4.31. The van der Waals surface area contributed by atoms with Gasteiger partial charge >= 0.3 is 18.1 Å². The molecule has 2 aliphatic heterocycles. The first-order chi connectivity index (χ1) is 16.8. The number of likely N-dealkylation sites (tertiary alicyclic amines) is 1. The standard InChI is InChI=1S/C21H33N3O4S.C2HF3O2/c1-2-29(27,28)22-18-6-7-20(19(16-18)21(25)26)24-14-9-17(10-15-24)8-13-23-11-4-3-5-12-23;3-2(4,5)1(6)7/h6-7,16-17,22H,2-5,8-15H2,1H3,(H,25,26);(H,6,7). The largest absolute Gasteiger partial charge is 0.490 e. The number of anilines is 2. The van der Waals surface area contributed by atoms with Gasteiger partial charge in [0, 0.05) is 18.8 Å². The van der Waals surface area contributed by atoms with E-state index in [9.17, 15) is 31.5 Å². The van der Waals surface area contributed by atoms with Crippen molar-refractivity contribution in [3.8, 4) is 0 Å². The molecule has 1 aromatic carbocycles. The van der Waals surface area contributed by atoms with E-state index in [0.717, 1.165) is 25.9 Å². The van der Waals surface area contributed by atoms with Crippen molar-refractivity contribution in [2.75, 3.05) is 48.1 Å². The molecular formula is C23H34F3N3O6S. The van der Waals surface area contributed by atoms with Crippen LogP contribution in [0, 0.1) is 5.92 Å². The first-order valence-electron chi connectivity index (χ1n) is 12.0. The molecule has 3 N–H and O–H groups in total. The first-order valence-corrected chi connectivity index (χ1v) is 13.6. The number of benzene rings is 1. The van der Waals surface area contributed by atoms with Gasteiger partial charge in [0.05, 0.1) is 17.0 Å². The van der Waals surface area contributed by atoms with Gasteiger partial charge in [-0.25, -0.2) is 18.0 Å². The number of aromatic carboxylic acids is 1. The molecule has 0 spiro atoms. The number of carboxylic acids is 2. The molecule has 2 heterocycles. The molecule has 1 aromatic rings. The van der Waals surface area contributed by atoms with Crippen LogP contribution in [0.1, 0.15) is 55.8 Å². The van der Waals surface area contributed by atoms with Crippen molar-refractivity contribution in [1.29, 1.82) is 0 Å². The third-order valence-corrected chi connectivity index (χ3v) is 7.69. The average molecular weight is 538 g/mol. The number of aliphatic carboxylic acids is 1. The van der Waals surface area contributed by atoms with Gasteiger partial charge in [-0.3, -0.25) is 4.72 Å². The molecule has 0 unspecified atom stereocenters. The van der Waals surface area contributed by atoms with Gasteiger partial charge in [-0.15, -0.1) is 0 Å². The van der Waals surface area contributed by atoms with Gasteiger partial charge in [0.1, 0.15) is 0 Å². The van der Waals surface area contributed by atoms with Gasteiger partial charge < -0.3 is 20.0 Å². The Labute approximate surface area is 209 Å². The topological polar surface area (TPSA) is 127 Å². The summed E-state index contributed by atoms with van der Waals surface area (Å²) in [6.07, 6.45) is 2.27. The zero-order chi connectivity index (χ0) is 26.9. The highest BCUT2D eigenvalue weighted by Crippen LogP contribution is 2.30. The molecule has 2 fully saturated rings. The lowest BCUT2D eigenvalue weighted by molar-refractivity contribution is -0.192. The number of carbonyl (C=O) groups is 2. The average Bonchev–Trinajstić information content (AvgIpc) is 2.83. The smallest absolute Gasteiger partial charge is 0.478 e. The molecule has 36 heavy (non-hydrogen) atoms. The van der Waals surface area contributed by atoms with Crippen LogP contribution in [-0.4, -0.2) is 80.1 Å². The Morgan fingerprint density at radius 1 is 1.06 bits per heavy atom. The van der Waals surface area contributed by atoms with E-state index in [1.807, 2.05) is 0 Å². The lowest BCUT2D eigenvalue weighted by Crippen LogP contribution is -2.37. The molecule has 0 saturated carbocycles. The molecule has 0 aromatic heterocycles. The van der Waals surface area contributed by atoms with E-state index in [-0.39, 0.29) is 11.3 Å². The summed E-state index contributed by atoms with van der Waals surface area (Å²) in [7, 11) is -3.44. The van der Waals surface area contributed by atoms with E-state index in [2.05, 4.69) is 14.5 Å². The first kappa shape index (κ1) is 29.7. The molecule has 13 heteroatoms. The minimum absolute atomic E-state index is 0.0535. The molecule has 0 atom stereocenters. The van der Waals surface area contributed by atoms with Crippen LogP contribution in [0.5, 0.6) is 0 Å².